The highest BCUT2D eigenvalue weighted by Gasteiger charge is 2.26. The minimum Gasteiger partial charge on any atom is -0.493 e. The summed E-state index contributed by atoms with van der Waals surface area (Å²) in [5.41, 5.74) is 3.45. The number of rotatable bonds is 10. The molecular weight excluding hydrogens is 745 g/mol. The summed E-state index contributed by atoms with van der Waals surface area (Å²) >= 11 is 10.1. The van der Waals surface area contributed by atoms with Crippen LogP contribution in [0.2, 0.25) is 0 Å². The average molecular weight is 780 g/mol. The molecule has 1 aliphatic rings. The molecule has 1 aliphatic carbocycles. The molecule has 2 aromatic carbocycles. The number of ether oxygens (including phenoxy) is 2. The Morgan fingerprint density at radius 2 is 1.75 bits per heavy atom. The molecule has 4 aromatic heterocycles. The SMILES string of the molecule is COc1ccc(CCn2c(Sc3nc(CSc4ccc(Br)cc4)nc4sc(C)c(C)c34)nc3sc4c(c3c2=O)CCC(C)C4)cc1OC. The molecule has 0 N–H and O–H groups in total. The number of aromatic nitrogens is 4. The molecule has 0 spiro atoms. The number of methoxy groups -OCH3 is 2. The van der Waals surface area contributed by atoms with Crippen LogP contribution in [0.25, 0.3) is 20.4 Å². The maximum atomic E-state index is 14.5. The Hall–Kier alpha value is -2.90. The number of hydrogen-bond acceptors (Lipinski definition) is 10. The molecule has 12 heteroatoms. The van der Waals surface area contributed by atoms with Gasteiger partial charge < -0.3 is 9.47 Å². The van der Waals surface area contributed by atoms with Crippen molar-refractivity contribution in [2.75, 3.05) is 14.2 Å². The molecule has 48 heavy (non-hydrogen) atoms. The van der Waals surface area contributed by atoms with Crippen molar-refractivity contribution < 1.29 is 9.47 Å². The summed E-state index contributed by atoms with van der Waals surface area (Å²) in [5, 5.41) is 3.34. The molecule has 6 aromatic rings. The first-order valence-electron chi connectivity index (χ1n) is 15.8. The van der Waals surface area contributed by atoms with Gasteiger partial charge in [0.15, 0.2) is 16.7 Å². The first kappa shape index (κ1) is 33.6. The van der Waals surface area contributed by atoms with Gasteiger partial charge in [0.25, 0.3) is 5.56 Å². The molecule has 1 unspecified atom stereocenters. The van der Waals surface area contributed by atoms with Crippen LogP contribution in [0.4, 0.5) is 0 Å². The first-order valence-corrected chi connectivity index (χ1v) is 20.0. The van der Waals surface area contributed by atoms with Gasteiger partial charge in [-0.2, -0.15) is 0 Å². The van der Waals surface area contributed by atoms with Crippen molar-refractivity contribution in [3.63, 3.8) is 0 Å². The van der Waals surface area contributed by atoms with Crippen LogP contribution < -0.4 is 15.0 Å². The van der Waals surface area contributed by atoms with E-state index >= 15 is 0 Å². The van der Waals surface area contributed by atoms with Crippen LogP contribution in [0.5, 0.6) is 11.5 Å². The zero-order valence-corrected chi connectivity index (χ0v) is 32.2. The van der Waals surface area contributed by atoms with Crippen molar-refractivity contribution in [1.29, 1.82) is 0 Å². The molecule has 0 radical (unpaired) electrons. The second-order valence-electron chi connectivity index (χ2n) is 12.1. The summed E-state index contributed by atoms with van der Waals surface area (Å²) in [7, 11) is 3.27. The summed E-state index contributed by atoms with van der Waals surface area (Å²) in [6, 6.07) is 14.2. The van der Waals surface area contributed by atoms with Crippen LogP contribution in [0, 0.1) is 19.8 Å². The van der Waals surface area contributed by atoms with E-state index in [1.165, 1.54) is 32.6 Å². The summed E-state index contributed by atoms with van der Waals surface area (Å²) in [6.45, 7) is 7.03. The predicted molar refractivity (Wildman–Crippen MR) is 203 cm³/mol. The topological polar surface area (TPSA) is 79.1 Å². The molecule has 7 nitrogen and oxygen atoms in total. The number of thiophene rings is 2. The molecule has 1 atom stereocenters. The highest BCUT2D eigenvalue weighted by Crippen LogP contribution is 2.41. The predicted octanol–water partition coefficient (Wildman–Crippen LogP) is 9.67. The summed E-state index contributed by atoms with van der Waals surface area (Å²) in [4.78, 5) is 35.4. The Labute approximate surface area is 304 Å². The van der Waals surface area contributed by atoms with E-state index in [2.05, 4.69) is 48.8 Å². The van der Waals surface area contributed by atoms with Crippen molar-refractivity contribution >= 4 is 82.6 Å². The number of thioether (sulfide) groups is 1. The largest absolute Gasteiger partial charge is 0.493 e. The Balaban J connectivity index is 1.31. The smallest absolute Gasteiger partial charge is 0.263 e. The second-order valence-corrected chi connectivity index (χ2v) is 17.3. The maximum absolute atomic E-state index is 14.5. The van der Waals surface area contributed by atoms with Gasteiger partial charge in [-0.25, -0.2) is 15.0 Å². The third-order valence-electron chi connectivity index (χ3n) is 8.86. The van der Waals surface area contributed by atoms with Gasteiger partial charge in [0.1, 0.15) is 20.5 Å². The zero-order chi connectivity index (χ0) is 33.5. The van der Waals surface area contributed by atoms with Gasteiger partial charge in [0.2, 0.25) is 0 Å². The summed E-state index contributed by atoms with van der Waals surface area (Å²) < 4.78 is 13.9. The van der Waals surface area contributed by atoms with E-state index in [0.717, 1.165) is 65.5 Å². The van der Waals surface area contributed by atoms with Crippen molar-refractivity contribution in [2.24, 2.45) is 5.92 Å². The fourth-order valence-corrected chi connectivity index (χ4v) is 10.8. The number of halogens is 1. The van der Waals surface area contributed by atoms with Crippen molar-refractivity contribution in [3.8, 4) is 11.5 Å². The molecule has 248 valence electrons. The fraction of sp³-hybridized carbons (Fsp3) is 0.333. The Bertz CT molecular complexity index is 2210. The molecule has 0 fully saturated rings. The third-order valence-corrected chi connectivity index (χ3v) is 13.6. The molecule has 7 rings (SSSR count). The highest BCUT2D eigenvalue weighted by molar-refractivity contribution is 9.10. The summed E-state index contributed by atoms with van der Waals surface area (Å²) in [5.74, 6) is 3.36. The molecular formula is C36H35BrN4O3S4. The molecule has 0 saturated carbocycles. The molecule has 0 bridgehead atoms. The van der Waals surface area contributed by atoms with Gasteiger partial charge in [0.05, 0.1) is 25.4 Å². The average Bonchev–Trinajstić information content (AvgIpc) is 3.59. The van der Waals surface area contributed by atoms with E-state index < -0.39 is 0 Å². The lowest BCUT2D eigenvalue weighted by Crippen LogP contribution is -2.25. The molecule has 0 aliphatic heterocycles. The molecule has 0 saturated heterocycles. The summed E-state index contributed by atoms with van der Waals surface area (Å²) in [6.07, 6.45) is 3.66. The fourth-order valence-electron chi connectivity index (χ4n) is 6.12. The van der Waals surface area contributed by atoms with Gasteiger partial charge in [-0.05, 0) is 110 Å². The van der Waals surface area contributed by atoms with Crippen molar-refractivity contribution in [2.45, 2.75) is 73.8 Å². The van der Waals surface area contributed by atoms with Gasteiger partial charge in [-0.15, -0.1) is 34.4 Å². The number of nitrogens with zero attached hydrogens (tertiary/aromatic N) is 4. The third kappa shape index (κ3) is 6.66. The standard InChI is InChI=1S/C36H35BrN4O3S4/c1-19-6-12-25-28(16-19)47-34-31(25)35(42)41(15-14-22-7-13-26(43-4)27(17-22)44-5)36(40-34)48-33-30-20(2)21(3)46-32(30)38-29(39-33)18-45-24-10-8-23(37)9-11-24/h7-11,13,17,19H,6,12,14-16,18H2,1-5H3. The van der Waals surface area contributed by atoms with Gasteiger partial charge in [-0.3, -0.25) is 9.36 Å². The van der Waals surface area contributed by atoms with E-state index in [-0.39, 0.29) is 5.56 Å². The van der Waals surface area contributed by atoms with Crippen LogP contribution in [0.1, 0.15) is 45.6 Å². The van der Waals surface area contributed by atoms with Crippen LogP contribution in [-0.4, -0.2) is 33.7 Å². The molecule has 4 heterocycles. The van der Waals surface area contributed by atoms with E-state index in [1.807, 2.05) is 34.9 Å². The van der Waals surface area contributed by atoms with Gasteiger partial charge in [0, 0.05) is 31.1 Å². The monoisotopic (exact) mass is 778 g/mol. The normalized spacial score (nSPS) is 14.5. The van der Waals surface area contributed by atoms with Crippen LogP contribution >= 0.6 is 62.1 Å². The van der Waals surface area contributed by atoms with E-state index in [0.29, 0.717) is 41.3 Å². The van der Waals surface area contributed by atoms with Gasteiger partial charge in [-0.1, -0.05) is 28.9 Å². The van der Waals surface area contributed by atoms with E-state index in [9.17, 15) is 4.79 Å². The number of aryl methyl sites for hydroxylation is 4. The highest BCUT2D eigenvalue weighted by atomic mass is 79.9. The first-order chi connectivity index (χ1) is 23.2. The Morgan fingerprint density at radius 1 is 0.979 bits per heavy atom. The number of fused-ring (bicyclic) bond motifs is 4. The van der Waals surface area contributed by atoms with Gasteiger partial charge >= 0.3 is 0 Å². The van der Waals surface area contributed by atoms with Crippen molar-refractivity contribution in [1.82, 2.24) is 19.5 Å². The van der Waals surface area contributed by atoms with Crippen molar-refractivity contribution in [3.05, 3.63) is 89.6 Å². The minimum absolute atomic E-state index is 0.0320. The Morgan fingerprint density at radius 3 is 2.52 bits per heavy atom. The van der Waals surface area contributed by atoms with Crippen LogP contribution in [-0.2, 0) is 31.6 Å². The van der Waals surface area contributed by atoms with Crippen LogP contribution in [0.3, 0.4) is 0 Å². The number of hydrogen-bond donors (Lipinski definition) is 0. The quantitative estimate of drug-likeness (QED) is 0.0773. The second kappa shape index (κ2) is 14.1. The lowest BCUT2D eigenvalue weighted by atomic mass is 9.89. The number of benzene rings is 2. The molecule has 0 amide bonds. The minimum atomic E-state index is 0.0320. The maximum Gasteiger partial charge on any atom is 0.263 e. The Kier molecular flexibility index (Phi) is 9.90. The lowest BCUT2D eigenvalue weighted by Gasteiger charge is -2.18. The lowest BCUT2D eigenvalue weighted by molar-refractivity contribution is 0.354. The zero-order valence-electron chi connectivity index (χ0n) is 27.4. The van der Waals surface area contributed by atoms with Crippen LogP contribution in [0.15, 0.2) is 66.8 Å². The van der Waals surface area contributed by atoms with E-state index in [4.69, 9.17) is 24.4 Å². The van der Waals surface area contributed by atoms with E-state index in [1.54, 1.807) is 48.7 Å².